The van der Waals surface area contributed by atoms with Crippen LogP contribution in [0.5, 0.6) is 0 Å². The molecule has 472 valence electrons. The summed E-state index contributed by atoms with van der Waals surface area (Å²) < 4.78 is 70.5. The van der Waals surface area contributed by atoms with Crippen molar-refractivity contribution in [1.82, 2.24) is 4.90 Å². The summed E-state index contributed by atoms with van der Waals surface area (Å²) in [4.78, 5) is 42.8. The number of allylic oxidation sites excluding steroid dienone is 1. The van der Waals surface area contributed by atoms with Crippen LogP contribution < -0.4 is 0 Å². The van der Waals surface area contributed by atoms with Crippen molar-refractivity contribution < 1.29 is 66.2 Å². The van der Waals surface area contributed by atoms with Crippen molar-refractivity contribution in [3.05, 3.63) is 36.5 Å². The molecule has 19 atom stereocenters. The second-order valence-corrected chi connectivity index (χ2v) is 45.4. The number of aliphatic carboxylic acids is 1. The summed E-state index contributed by atoms with van der Waals surface area (Å²) >= 11 is 0. The van der Waals surface area contributed by atoms with Gasteiger partial charge in [0.25, 0.3) is 0 Å². The van der Waals surface area contributed by atoms with Crippen molar-refractivity contribution in [1.29, 1.82) is 0 Å². The maximum Gasteiger partial charge on any atom is 0.412 e. The molecule has 1 amide bonds. The van der Waals surface area contributed by atoms with Gasteiger partial charge in [0.15, 0.2) is 45.5 Å². The molecule has 0 aromatic heterocycles. The standard InChI is InChI=1S/C65H111NO14Si3/c1-19-83(20-2,21-3)79-59(52-37-51-50(72-52)36-48(10)65(76-51)30-29-62(80-65)28-24-26-49(73-62)25-22-23-27-55(67)68)56(69)44(6)35-45(7)57(78-82(17,18)61(11,12)13)46(8)39-63-38-42(4)34-53(74-63)58-54(75-63)40-64(77-58)47(9)33-43(5)41-66(64)60(70)71-31-32-81(14,15)16/h22,24-26,42-45,47-54,57-59H,8,19-21,23,27-41H2,1-7,9-18H3,(H,67,68)/b25-22+/t42-,43+,44+,45-,47-,48+,49+,50+,51+,52-,53-,54+,57-,58+,59+,62-,63+,64-,65+/m0/s1. The molecule has 0 aliphatic carbocycles. The van der Waals surface area contributed by atoms with Gasteiger partial charge in [-0.15, -0.1) is 0 Å². The summed E-state index contributed by atoms with van der Waals surface area (Å²) in [5, 5.41) is 9.04. The van der Waals surface area contributed by atoms with E-state index in [9.17, 15) is 9.59 Å². The third kappa shape index (κ3) is 14.7. The molecule has 7 saturated heterocycles. The van der Waals surface area contributed by atoms with E-state index in [2.05, 4.69) is 122 Å². The first-order valence-corrected chi connectivity index (χ1v) is 41.7. The molecule has 8 aliphatic heterocycles. The Kier molecular flexibility index (Phi) is 20.8. The lowest BCUT2D eigenvalue weighted by Gasteiger charge is -2.52. The van der Waals surface area contributed by atoms with Crippen LogP contribution in [0, 0.1) is 35.5 Å². The Morgan fingerprint density at radius 1 is 0.831 bits per heavy atom. The van der Waals surface area contributed by atoms with Gasteiger partial charge < -0.3 is 51.9 Å². The van der Waals surface area contributed by atoms with E-state index in [0.29, 0.717) is 76.9 Å². The Morgan fingerprint density at radius 3 is 2.19 bits per heavy atom. The van der Waals surface area contributed by atoms with Gasteiger partial charge in [0.2, 0.25) is 0 Å². The first kappa shape index (κ1) is 66.9. The van der Waals surface area contributed by atoms with Gasteiger partial charge in [-0.1, -0.05) is 134 Å². The minimum absolute atomic E-state index is 0.00304. The molecule has 8 aliphatic rings. The fourth-order valence-electron chi connectivity index (χ4n) is 15.2. The van der Waals surface area contributed by atoms with Gasteiger partial charge in [-0.2, -0.15) is 0 Å². The first-order valence-electron chi connectivity index (χ1n) is 32.5. The average Bonchev–Trinajstić information content (AvgIpc) is 1.87. The molecular formula is C65H111NO14Si3. The molecular weight excluding hydrogens is 1100 g/mol. The SMILES string of the molecule is C=C(C[C@]12C[C@@H](C)C[C@H](O1)[C@H]1O[C@@]3(C[C@H]1O2)[C@@H](C)C[C@@H](C)CN3C(=O)OCC[Si](C)(C)C)[C@@H](O[Si](C)(C)C(C)(C)C)[C@@H](C)C[C@@H](C)C(=O)[C@H](O[Si](CC)(CC)CC)[C@@H]1C[C@H]2O[C@@]3(CC[C@]4(CC=C[C@@H](/C=C/CCC(=O)O)O4)O3)[C@H](C)C[C@H]2O1. The van der Waals surface area contributed by atoms with E-state index < -0.39 is 66.0 Å². The average molecular weight is 1210 g/mol. The summed E-state index contributed by atoms with van der Waals surface area (Å²) in [5.74, 6) is -3.25. The Morgan fingerprint density at radius 2 is 1.53 bits per heavy atom. The summed E-state index contributed by atoms with van der Waals surface area (Å²) in [6, 6.07) is 3.60. The molecule has 8 rings (SSSR count). The number of hydrogen-bond donors (Lipinski definition) is 1. The maximum atomic E-state index is 15.6. The van der Waals surface area contributed by atoms with Crippen LogP contribution in [-0.2, 0) is 56.3 Å². The molecule has 0 saturated carbocycles. The summed E-state index contributed by atoms with van der Waals surface area (Å²) in [5.41, 5.74) is 0.0516. The lowest BCUT2D eigenvalue weighted by molar-refractivity contribution is -0.366. The lowest BCUT2D eigenvalue weighted by Crippen LogP contribution is -2.61. The Hall–Kier alpha value is -2.08. The fraction of sp³-hybridized carbons (Fsp3) is 0.862. The molecule has 2 bridgehead atoms. The number of Topliss-reactive ketones (excluding diaryl/α,β-unsaturated/α-hetero) is 1. The van der Waals surface area contributed by atoms with Crippen LogP contribution in [0.15, 0.2) is 36.5 Å². The highest BCUT2D eigenvalue weighted by Gasteiger charge is 2.65. The van der Waals surface area contributed by atoms with E-state index in [-0.39, 0.29) is 95.7 Å². The van der Waals surface area contributed by atoms with Crippen LogP contribution in [0.3, 0.4) is 0 Å². The van der Waals surface area contributed by atoms with E-state index in [0.717, 1.165) is 49.0 Å². The predicted octanol–water partition coefficient (Wildman–Crippen LogP) is 14.3. The lowest BCUT2D eigenvalue weighted by atomic mass is 9.78. The summed E-state index contributed by atoms with van der Waals surface area (Å²) in [6.07, 6.45) is 12.0. The first-order chi connectivity index (χ1) is 38.7. The number of carboxylic acid groups (broad SMARTS) is 1. The van der Waals surface area contributed by atoms with Crippen molar-refractivity contribution in [2.24, 2.45) is 35.5 Å². The molecule has 0 radical (unpaired) electrons. The molecule has 0 aromatic carbocycles. The molecule has 0 aromatic rings. The van der Waals surface area contributed by atoms with E-state index in [1.165, 1.54) is 0 Å². The topological polar surface area (TPSA) is 167 Å². The summed E-state index contributed by atoms with van der Waals surface area (Å²) in [6.45, 7) is 44.0. The van der Waals surface area contributed by atoms with Crippen molar-refractivity contribution in [3.8, 4) is 0 Å². The molecule has 3 spiro atoms. The van der Waals surface area contributed by atoms with Gasteiger partial charge >= 0.3 is 12.1 Å². The number of amides is 1. The highest BCUT2D eigenvalue weighted by Crippen LogP contribution is 2.57. The second-order valence-electron chi connectivity index (χ2n) is 30.3. The number of rotatable bonds is 23. The van der Waals surface area contributed by atoms with Crippen LogP contribution in [0.4, 0.5) is 4.79 Å². The molecule has 15 nitrogen and oxygen atoms in total. The summed E-state index contributed by atoms with van der Waals surface area (Å²) in [7, 11) is -6.20. The molecule has 8 heterocycles. The Labute approximate surface area is 503 Å². The van der Waals surface area contributed by atoms with Gasteiger partial charge in [0.05, 0.1) is 49.3 Å². The zero-order valence-corrected chi connectivity index (χ0v) is 57.3. The number of ether oxygens (including phenoxy) is 8. The van der Waals surface area contributed by atoms with E-state index in [4.69, 9.17) is 58.4 Å². The third-order valence-corrected chi connectivity index (χ3v) is 32.0. The largest absolute Gasteiger partial charge is 0.481 e. The van der Waals surface area contributed by atoms with Crippen LogP contribution in [0.1, 0.15) is 167 Å². The number of carboxylic acids is 1. The number of likely N-dealkylation sites (tertiary alicyclic amines) is 1. The van der Waals surface area contributed by atoms with Crippen LogP contribution in [-0.4, -0.2) is 144 Å². The zero-order chi connectivity index (χ0) is 60.9. The van der Waals surface area contributed by atoms with E-state index >= 15 is 4.79 Å². The van der Waals surface area contributed by atoms with Gasteiger partial charge in [-0.25, -0.2) is 4.79 Å². The predicted molar refractivity (Wildman–Crippen MR) is 330 cm³/mol. The van der Waals surface area contributed by atoms with E-state index in [1.54, 1.807) is 0 Å². The normalized spacial score (nSPS) is 37.9. The second kappa shape index (κ2) is 25.8. The molecule has 18 heteroatoms. The molecule has 7 fully saturated rings. The fourth-order valence-corrected chi connectivity index (χ4v) is 20.1. The van der Waals surface area contributed by atoms with Crippen molar-refractivity contribution in [2.45, 2.75) is 307 Å². The Bertz CT molecular complexity index is 2340. The molecule has 83 heavy (non-hydrogen) atoms. The van der Waals surface area contributed by atoms with Gasteiger partial charge in [-0.3, -0.25) is 14.5 Å². The number of piperidine rings is 1. The smallest absolute Gasteiger partial charge is 0.412 e. The maximum absolute atomic E-state index is 15.6. The van der Waals surface area contributed by atoms with Crippen LogP contribution >= 0.6 is 0 Å². The number of ketones is 1. The van der Waals surface area contributed by atoms with Gasteiger partial charge in [-0.05, 0) is 97.7 Å². The third-order valence-electron chi connectivity index (χ3n) is 21.2. The molecule has 1 N–H and O–H groups in total. The minimum Gasteiger partial charge on any atom is -0.481 e. The number of nitrogens with zero attached hydrogens (tertiary/aromatic N) is 1. The van der Waals surface area contributed by atoms with E-state index in [1.807, 2.05) is 23.1 Å². The van der Waals surface area contributed by atoms with Crippen molar-refractivity contribution >= 4 is 42.6 Å². The van der Waals surface area contributed by atoms with Crippen LogP contribution in [0.2, 0.25) is 61.9 Å². The Balaban J connectivity index is 0.993. The van der Waals surface area contributed by atoms with Crippen molar-refractivity contribution in [2.75, 3.05) is 13.2 Å². The number of hydrogen-bond acceptors (Lipinski definition) is 13. The highest BCUT2D eigenvalue weighted by molar-refractivity contribution is 6.76. The number of fused-ring (bicyclic) bond motifs is 5. The minimum atomic E-state index is -2.43. The molecule has 0 unspecified atom stereocenters. The van der Waals surface area contributed by atoms with Gasteiger partial charge in [0, 0.05) is 83.7 Å². The van der Waals surface area contributed by atoms with Crippen LogP contribution in [0.25, 0.3) is 0 Å². The zero-order valence-electron chi connectivity index (χ0n) is 54.3. The van der Waals surface area contributed by atoms with Crippen molar-refractivity contribution in [3.63, 3.8) is 0 Å². The number of carbonyl (C=O) groups is 3. The number of carbonyl (C=O) groups excluding carboxylic acids is 2. The monoisotopic (exact) mass is 1210 g/mol. The van der Waals surface area contributed by atoms with Gasteiger partial charge in [0.1, 0.15) is 12.2 Å². The quantitative estimate of drug-likeness (QED) is 0.0758. The highest BCUT2D eigenvalue weighted by atomic mass is 28.4.